The molecule has 5 N–H and O–H groups in total. The Hall–Kier alpha value is -2.01. The molecule has 10 nitrogen and oxygen atoms in total. The largest absolute Gasteiger partial charge is 0.392 e. The third-order valence-electron chi connectivity index (χ3n) is 8.54. The van der Waals surface area contributed by atoms with Crippen LogP contribution in [0.25, 0.3) is 0 Å². The number of primary amides is 1. The molecule has 4 aliphatic carbocycles. The number of hydrogen-bond donors (Lipinski definition) is 4. The average molecular weight is 450 g/mol. The predicted molar refractivity (Wildman–Crippen MR) is 108 cm³/mol. The highest BCUT2D eigenvalue weighted by Crippen LogP contribution is 2.57. The molecule has 1 amide bonds. The Morgan fingerprint density at radius 1 is 1.00 bits per heavy atom. The Morgan fingerprint density at radius 3 is 2.19 bits per heavy atom. The molecular weight excluding hydrogens is 420 g/mol. The van der Waals surface area contributed by atoms with Crippen molar-refractivity contribution >= 4 is 29.0 Å². The van der Waals surface area contributed by atoms with Crippen LogP contribution in [0.1, 0.15) is 32.6 Å². The van der Waals surface area contributed by atoms with Crippen LogP contribution in [-0.4, -0.2) is 86.7 Å². The molecule has 10 atom stereocenters. The number of ketones is 4. The van der Waals surface area contributed by atoms with Gasteiger partial charge in [-0.1, -0.05) is 6.42 Å². The molecule has 176 valence electrons. The van der Waals surface area contributed by atoms with E-state index in [1.807, 2.05) is 0 Å². The van der Waals surface area contributed by atoms with E-state index in [9.17, 15) is 39.3 Å². The van der Waals surface area contributed by atoms with Crippen LogP contribution >= 0.6 is 0 Å². The fourth-order valence-corrected chi connectivity index (χ4v) is 7.05. The van der Waals surface area contributed by atoms with Crippen LogP contribution in [0.2, 0.25) is 0 Å². The highest BCUT2D eigenvalue weighted by molar-refractivity contribution is 6.31. The van der Waals surface area contributed by atoms with Crippen molar-refractivity contribution in [3.63, 3.8) is 0 Å². The van der Waals surface area contributed by atoms with Crippen LogP contribution in [0, 0.1) is 35.5 Å². The maximum Gasteiger partial charge on any atom is 0.235 e. The summed E-state index contributed by atoms with van der Waals surface area (Å²) in [6, 6.07) is -1.18. The molecule has 0 aromatic carbocycles. The Labute approximate surface area is 185 Å². The number of aliphatic hydroxyl groups excluding tert-OH is 1. The van der Waals surface area contributed by atoms with E-state index in [2.05, 4.69) is 0 Å². The highest BCUT2D eigenvalue weighted by atomic mass is 16.3. The topological polar surface area (TPSA) is 175 Å². The minimum absolute atomic E-state index is 0.142. The van der Waals surface area contributed by atoms with Crippen LogP contribution in [0.4, 0.5) is 0 Å². The lowest BCUT2D eigenvalue weighted by molar-refractivity contribution is -0.209. The standard InChI is InChI=1S/C22H30N2O8/c1-21(31)8-5-4-6-11(25)12(8)16(26)13-9(21)7-10-15(24(2)3)17(27)14(20(23)30)19(29)22(10,32)18(13)28/h8-15,25,31-32H,4-7H2,1-3H3,(H2,23,30)/t8?,9?,10-,11?,12?,13?,14?,15-,21+,22-/m0/s1. The van der Waals surface area contributed by atoms with E-state index in [-0.39, 0.29) is 6.42 Å². The number of carbonyl (C=O) groups excluding carboxylic acids is 5. The zero-order valence-corrected chi connectivity index (χ0v) is 18.4. The first-order chi connectivity index (χ1) is 14.8. The van der Waals surface area contributed by atoms with Crippen molar-refractivity contribution < 1.29 is 39.3 Å². The molecule has 0 radical (unpaired) electrons. The summed E-state index contributed by atoms with van der Waals surface area (Å²) in [5, 5.41) is 33.5. The number of aliphatic hydroxyl groups is 3. The van der Waals surface area contributed by atoms with Gasteiger partial charge < -0.3 is 21.1 Å². The van der Waals surface area contributed by atoms with Gasteiger partial charge in [0.25, 0.3) is 0 Å². The van der Waals surface area contributed by atoms with E-state index in [0.717, 1.165) is 0 Å². The molecule has 0 heterocycles. The Balaban J connectivity index is 1.87. The predicted octanol–water partition coefficient (Wildman–Crippen LogP) is -2.17. The van der Waals surface area contributed by atoms with Crippen molar-refractivity contribution in [3.8, 4) is 0 Å². The van der Waals surface area contributed by atoms with Gasteiger partial charge >= 0.3 is 0 Å². The van der Waals surface area contributed by atoms with Gasteiger partial charge in [-0.25, -0.2) is 0 Å². The molecule has 4 fully saturated rings. The molecule has 6 unspecified atom stereocenters. The molecule has 4 rings (SSSR count). The summed E-state index contributed by atoms with van der Waals surface area (Å²) in [7, 11) is 3.04. The summed E-state index contributed by atoms with van der Waals surface area (Å²) in [5.74, 6) is -12.4. The maximum absolute atomic E-state index is 13.7. The van der Waals surface area contributed by atoms with Crippen LogP contribution in [0.3, 0.4) is 0 Å². The second-order valence-electron chi connectivity index (χ2n) is 10.3. The van der Waals surface area contributed by atoms with E-state index < -0.39 is 87.9 Å². The van der Waals surface area contributed by atoms with Crippen LogP contribution in [0.15, 0.2) is 0 Å². The molecular formula is C22H30N2O8. The summed E-state index contributed by atoms with van der Waals surface area (Å²) in [5.41, 5.74) is 0.984. The van der Waals surface area contributed by atoms with E-state index in [4.69, 9.17) is 5.73 Å². The SMILES string of the molecule is CN(C)[C@@H]1C(=O)C(C(N)=O)C(=O)[C@@]2(O)C(=O)C3C(=O)C4C(O)CCCC4[C@@](C)(O)C3C[C@@H]12. The average Bonchev–Trinajstić information content (AvgIpc) is 2.68. The summed E-state index contributed by atoms with van der Waals surface area (Å²) >= 11 is 0. The highest BCUT2D eigenvalue weighted by Gasteiger charge is 2.73. The molecule has 32 heavy (non-hydrogen) atoms. The zero-order valence-electron chi connectivity index (χ0n) is 18.4. The van der Waals surface area contributed by atoms with Gasteiger partial charge in [0.1, 0.15) is 5.78 Å². The molecule has 0 saturated heterocycles. The van der Waals surface area contributed by atoms with E-state index in [1.165, 1.54) is 25.9 Å². The molecule has 4 saturated carbocycles. The summed E-state index contributed by atoms with van der Waals surface area (Å²) in [6.45, 7) is 1.52. The third kappa shape index (κ3) is 2.76. The van der Waals surface area contributed by atoms with Gasteiger partial charge in [-0.15, -0.1) is 0 Å². The zero-order chi connectivity index (χ0) is 23.9. The first-order valence-corrected chi connectivity index (χ1v) is 11.0. The van der Waals surface area contributed by atoms with Gasteiger partial charge in [-0.2, -0.15) is 0 Å². The fourth-order valence-electron chi connectivity index (χ4n) is 7.05. The number of likely N-dealkylation sites (N-methyl/N-ethyl adjacent to an activating group) is 1. The van der Waals surface area contributed by atoms with Crippen LogP contribution in [0.5, 0.6) is 0 Å². The van der Waals surface area contributed by atoms with Gasteiger partial charge in [0.15, 0.2) is 28.9 Å². The number of fused-ring (bicyclic) bond motifs is 3. The number of nitrogens with two attached hydrogens (primary N) is 1. The first kappa shape index (κ1) is 23.2. The minimum atomic E-state index is -2.76. The van der Waals surface area contributed by atoms with Gasteiger partial charge in [0.05, 0.1) is 23.7 Å². The number of rotatable bonds is 2. The lowest BCUT2D eigenvalue weighted by Gasteiger charge is -2.59. The van der Waals surface area contributed by atoms with Crippen LogP contribution < -0.4 is 5.73 Å². The van der Waals surface area contributed by atoms with Gasteiger partial charge in [0.2, 0.25) is 5.91 Å². The van der Waals surface area contributed by atoms with Gasteiger partial charge in [-0.05, 0) is 46.2 Å². The van der Waals surface area contributed by atoms with E-state index in [0.29, 0.717) is 19.3 Å². The molecule has 4 aliphatic rings. The first-order valence-electron chi connectivity index (χ1n) is 11.0. The molecule has 0 spiro atoms. The second-order valence-corrected chi connectivity index (χ2v) is 10.3. The number of Topliss-reactive ketones (excluding diaryl/α,β-unsaturated/α-hetero) is 4. The number of amides is 1. The van der Waals surface area contributed by atoms with Gasteiger partial charge in [0, 0.05) is 17.8 Å². The van der Waals surface area contributed by atoms with Crippen LogP contribution in [-0.2, 0) is 24.0 Å². The van der Waals surface area contributed by atoms with Crippen molar-refractivity contribution in [1.29, 1.82) is 0 Å². The molecule has 0 aromatic rings. The summed E-state index contributed by atoms with van der Waals surface area (Å²) in [4.78, 5) is 66.7. The van der Waals surface area contributed by atoms with E-state index in [1.54, 1.807) is 0 Å². The number of nitrogens with zero attached hydrogens (tertiary/aromatic N) is 1. The van der Waals surface area contributed by atoms with Crippen molar-refractivity contribution in [3.05, 3.63) is 0 Å². The fraction of sp³-hybridized carbons (Fsp3) is 0.773. The number of hydrogen-bond acceptors (Lipinski definition) is 9. The summed E-state index contributed by atoms with van der Waals surface area (Å²) < 4.78 is 0. The molecule has 10 heteroatoms. The smallest absolute Gasteiger partial charge is 0.235 e. The maximum atomic E-state index is 13.7. The van der Waals surface area contributed by atoms with Gasteiger partial charge in [-0.3, -0.25) is 28.9 Å². The molecule has 0 aromatic heterocycles. The summed E-state index contributed by atoms with van der Waals surface area (Å²) in [6.07, 6.45) is 0.275. The Bertz CT molecular complexity index is 914. The number of carbonyl (C=O) groups is 5. The minimum Gasteiger partial charge on any atom is -0.392 e. The van der Waals surface area contributed by atoms with Crippen molar-refractivity contribution in [1.82, 2.24) is 4.90 Å². The normalized spacial score (nSPS) is 48.8. The monoisotopic (exact) mass is 450 g/mol. The molecule has 0 bridgehead atoms. The quantitative estimate of drug-likeness (QED) is 0.341. The lowest BCUT2D eigenvalue weighted by Crippen LogP contribution is -2.77. The second kappa shape index (κ2) is 7.24. The molecule has 0 aliphatic heterocycles. The lowest BCUT2D eigenvalue weighted by atomic mass is 9.46. The Morgan fingerprint density at radius 2 is 1.62 bits per heavy atom. The van der Waals surface area contributed by atoms with Crippen molar-refractivity contribution in [2.24, 2.45) is 41.2 Å². The Kier molecular flexibility index (Phi) is 5.24. The third-order valence-corrected chi connectivity index (χ3v) is 8.54. The van der Waals surface area contributed by atoms with Crippen molar-refractivity contribution in [2.45, 2.75) is 56.0 Å². The van der Waals surface area contributed by atoms with Crippen molar-refractivity contribution in [2.75, 3.05) is 14.1 Å². The van der Waals surface area contributed by atoms with E-state index >= 15 is 0 Å².